The molecule has 2 aliphatic heterocycles. The number of oxazole rings is 1. The summed E-state index contributed by atoms with van der Waals surface area (Å²) in [4.78, 5) is 23.0. The number of piperazine rings is 1. The normalized spacial score (nSPS) is 18.7. The zero-order valence-electron chi connectivity index (χ0n) is 17.8. The molecular formula is C21H24FN5O3S2. The molecule has 11 heteroatoms. The summed E-state index contributed by atoms with van der Waals surface area (Å²) in [6.07, 6.45) is 0.810. The zero-order chi connectivity index (χ0) is 22.8. The van der Waals surface area contributed by atoms with Gasteiger partial charge in [-0.1, -0.05) is 24.4 Å². The first-order chi connectivity index (χ1) is 15.3. The van der Waals surface area contributed by atoms with Gasteiger partial charge in [-0.3, -0.25) is 4.90 Å². The zero-order valence-corrected chi connectivity index (χ0v) is 19.5. The molecule has 3 heterocycles. The fourth-order valence-electron chi connectivity index (χ4n) is 3.76. The van der Waals surface area contributed by atoms with Gasteiger partial charge in [0, 0.05) is 26.2 Å². The number of nitrogens with zero attached hydrogens (tertiary/aromatic N) is 4. The molecule has 0 spiro atoms. The summed E-state index contributed by atoms with van der Waals surface area (Å²) in [5.74, 6) is 0.764. The van der Waals surface area contributed by atoms with Crippen molar-refractivity contribution in [2.75, 3.05) is 49.1 Å². The number of carbonyl (C=O) groups excluding carboxylic acids is 1. The summed E-state index contributed by atoms with van der Waals surface area (Å²) in [6.45, 7) is 6.82. The largest absolute Gasteiger partial charge is 0.442 e. The van der Waals surface area contributed by atoms with Gasteiger partial charge in [0.15, 0.2) is 4.99 Å². The van der Waals surface area contributed by atoms with Gasteiger partial charge in [0.1, 0.15) is 17.7 Å². The van der Waals surface area contributed by atoms with Gasteiger partial charge in [0.05, 0.1) is 35.6 Å². The highest BCUT2D eigenvalue weighted by molar-refractivity contribution is 7.80. The molecule has 2 aromatic rings. The van der Waals surface area contributed by atoms with Gasteiger partial charge in [-0.2, -0.15) is 0 Å². The highest BCUT2D eigenvalue weighted by Gasteiger charge is 2.33. The monoisotopic (exact) mass is 477 g/mol. The number of rotatable bonds is 5. The topological polar surface area (TPSA) is 74.1 Å². The second kappa shape index (κ2) is 9.37. The molecule has 0 saturated carbocycles. The minimum atomic E-state index is -0.491. The van der Waals surface area contributed by atoms with Gasteiger partial charge in [-0.25, -0.2) is 14.2 Å². The maximum Gasteiger partial charge on any atom is 0.414 e. The first-order valence-electron chi connectivity index (χ1n) is 10.3. The molecule has 2 saturated heterocycles. The number of amides is 1. The summed E-state index contributed by atoms with van der Waals surface area (Å²) in [5, 5.41) is 2.99. The van der Waals surface area contributed by atoms with E-state index in [4.69, 9.17) is 33.6 Å². The number of anilines is 2. The Kier molecular flexibility index (Phi) is 6.56. The molecular weight excluding hydrogens is 453 g/mol. The van der Waals surface area contributed by atoms with Crippen molar-refractivity contribution in [2.24, 2.45) is 0 Å². The number of carbonyl (C=O) groups is 1. The molecule has 170 valence electrons. The lowest BCUT2D eigenvalue weighted by molar-refractivity contribution is 0.143. The predicted molar refractivity (Wildman–Crippen MR) is 127 cm³/mol. The van der Waals surface area contributed by atoms with Gasteiger partial charge >= 0.3 is 6.09 Å². The lowest BCUT2D eigenvalue weighted by atomic mass is 10.2. The van der Waals surface area contributed by atoms with Crippen LogP contribution >= 0.6 is 24.4 Å². The smallest absolute Gasteiger partial charge is 0.414 e. The minimum Gasteiger partial charge on any atom is -0.442 e. The van der Waals surface area contributed by atoms with Crippen molar-refractivity contribution < 1.29 is 18.3 Å². The van der Waals surface area contributed by atoms with Crippen LogP contribution in [0.2, 0.25) is 0 Å². The Balaban J connectivity index is 1.37. The molecule has 0 radical (unpaired) electrons. The van der Waals surface area contributed by atoms with E-state index in [1.54, 1.807) is 25.3 Å². The number of hydrogen-bond donors (Lipinski definition) is 1. The van der Waals surface area contributed by atoms with Gasteiger partial charge in [0.25, 0.3) is 5.89 Å². The van der Waals surface area contributed by atoms with Crippen molar-refractivity contribution in [3.8, 4) is 0 Å². The van der Waals surface area contributed by atoms with Gasteiger partial charge < -0.3 is 24.3 Å². The van der Waals surface area contributed by atoms with E-state index in [1.807, 2.05) is 16.7 Å². The number of ether oxygens (including phenoxy) is 1. The number of aryl methyl sites for hydroxylation is 1. The molecule has 1 aromatic carbocycles. The quantitative estimate of drug-likeness (QED) is 0.655. The van der Waals surface area contributed by atoms with Crippen LogP contribution in [0.25, 0.3) is 0 Å². The average Bonchev–Trinajstić information content (AvgIpc) is 3.37. The summed E-state index contributed by atoms with van der Waals surface area (Å²) in [5.41, 5.74) is 0.963. The van der Waals surface area contributed by atoms with Crippen molar-refractivity contribution in [3.63, 3.8) is 0 Å². The van der Waals surface area contributed by atoms with E-state index in [1.165, 1.54) is 11.0 Å². The number of halogens is 1. The average molecular weight is 478 g/mol. The minimum absolute atomic E-state index is 0.337. The molecule has 8 nitrogen and oxygen atoms in total. The van der Waals surface area contributed by atoms with Crippen LogP contribution in [-0.2, 0) is 4.74 Å². The Morgan fingerprint density at radius 2 is 2.03 bits per heavy atom. The molecule has 2 fully saturated rings. The van der Waals surface area contributed by atoms with Gasteiger partial charge in [-0.15, -0.1) is 0 Å². The first kappa shape index (κ1) is 22.4. The summed E-state index contributed by atoms with van der Waals surface area (Å²) >= 11 is 10.5. The number of hydrogen-bond acceptors (Lipinski definition) is 7. The number of thiocarbonyl (C=S) groups is 2. The highest BCUT2D eigenvalue weighted by Crippen LogP contribution is 2.28. The second-order valence-electron chi connectivity index (χ2n) is 7.74. The Morgan fingerprint density at radius 3 is 2.66 bits per heavy atom. The maximum absolute atomic E-state index is 15.0. The van der Waals surface area contributed by atoms with E-state index >= 15 is 0 Å². The Bertz CT molecular complexity index is 1040. The van der Waals surface area contributed by atoms with Crippen LogP contribution in [-0.4, -0.2) is 71.3 Å². The van der Waals surface area contributed by atoms with Gasteiger partial charge in [0.2, 0.25) is 0 Å². The van der Waals surface area contributed by atoms with Crippen molar-refractivity contribution in [1.82, 2.24) is 15.2 Å². The molecule has 1 aromatic heterocycles. The third-order valence-corrected chi connectivity index (χ3v) is 5.98. The standard InChI is InChI=1S/C21H24FN5O3S2/c1-13-10-24-19(29-13)20(32)26-7-5-25(6-8-26)18-4-3-15(9-17(18)22)27-12-16(30-21(27)28)11-23-14(2)31/h3-4,9-10,16H,5-8,11-12H2,1-2H3,(H,23,31). The van der Waals surface area contributed by atoms with E-state index in [0.29, 0.717) is 72.3 Å². The van der Waals surface area contributed by atoms with E-state index in [9.17, 15) is 9.18 Å². The second-order valence-corrected chi connectivity index (χ2v) is 8.74. The van der Waals surface area contributed by atoms with E-state index in [-0.39, 0.29) is 11.9 Å². The van der Waals surface area contributed by atoms with Crippen LogP contribution in [0.15, 0.2) is 28.8 Å². The molecule has 2 aliphatic rings. The van der Waals surface area contributed by atoms with Crippen molar-refractivity contribution in [2.45, 2.75) is 20.0 Å². The van der Waals surface area contributed by atoms with Crippen LogP contribution in [0.3, 0.4) is 0 Å². The van der Waals surface area contributed by atoms with Crippen molar-refractivity contribution in [3.05, 3.63) is 41.9 Å². The molecule has 4 rings (SSSR count). The predicted octanol–water partition coefficient (Wildman–Crippen LogP) is 2.88. The Morgan fingerprint density at radius 1 is 1.28 bits per heavy atom. The van der Waals surface area contributed by atoms with Crippen LogP contribution in [0.1, 0.15) is 18.6 Å². The van der Waals surface area contributed by atoms with E-state index in [2.05, 4.69) is 10.3 Å². The SMILES string of the molecule is CC(=S)NCC1CN(c2ccc(N3CCN(C(=S)c4ncc(C)o4)CC3)c(F)c2)C(=O)O1. The molecule has 1 amide bonds. The van der Waals surface area contributed by atoms with Crippen LogP contribution in [0.4, 0.5) is 20.6 Å². The molecule has 32 heavy (non-hydrogen) atoms. The molecule has 0 bridgehead atoms. The summed E-state index contributed by atoms with van der Waals surface area (Å²) < 4.78 is 25.8. The maximum atomic E-state index is 15.0. The van der Waals surface area contributed by atoms with Crippen molar-refractivity contribution in [1.29, 1.82) is 0 Å². The third-order valence-electron chi connectivity index (χ3n) is 5.41. The molecule has 1 N–H and O–H groups in total. The summed E-state index contributed by atoms with van der Waals surface area (Å²) in [7, 11) is 0. The lowest BCUT2D eigenvalue weighted by Gasteiger charge is -2.37. The Hall–Kier alpha value is -2.79. The molecule has 0 aliphatic carbocycles. The van der Waals surface area contributed by atoms with Crippen LogP contribution < -0.4 is 15.1 Å². The fourth-order valence-corrected chi connectivity index (χ4v) is 4.12. The number of cyclic esters (lactones) is 1. The van der Waals surface area contributed by atoms with E-state index < -0.39 is 6.09 Å². The van der Waals surface area contributed by atoms with E-state index in [0.717, 1.165) is 0 Å². The molecule has 1 unspecified atom stereocenters. The number of aromatic nitrogens is 1. The number of nitrogens with one attached hydrogen (secondary N) is 1. The lowest BCUT2D eigenvalue weighted by Crippen LogP contribution is -2.48. The number of benzene rings is 1. The summed E-state index contributed by atoms with van der Waals surface area (Å²) in [6, 6.07) is 4.83. The van der Waals surface area contributed by atoms with Crippen LogP contribution in [0, 0.1) is 12.7 Å². The third kappa shape index (κ3) is 4.83. The molecule has 1 atom stereocenters. The van der Waals surface area contributed by atoms with Crippen LogP contribution in [0.5, 0.6) is 0 Å². The Labute approximate surface area is 196 Å². The first-order valence-corrected chi connectivity index (χ1v) is 11.1. The van der Waals surface area contributed by atoms with Crippen molar-refractivity contribution >= 4 is 51.9 Å². The fraction of sp³-hybridized carbons (Fsp3) is 0.429. The highest BCUT2D eigenvalue weighted by atomic mass is 32.1. The van der Waals surface area contributed by atoms with Gasteiger partial charge in [-0.05, 0) is 32.0 Å².